The van der Waals surface area contributed by atoms with Crippen LogP contribution in [0.4, 0.5) is 5.69 Å². The van der Waals surface area contributed by atoms with Crippen molar-refractivity contribution in [3.8, 4) is 11.4 Å². The van der Waals surface area contributed by atoms with Crippen LogP contribution in [-0.4, -0.2) is 46.7 Å². The molecule has 126 valence electrons. The van der Waals surface area contributed by atoms with Gasteiger partial charge < -0.3 is 4.90 Å². The highest BCUT2D eigenvalue weighted by Gasteiger charge is 2.49. The summed E-state index contributed by atoms with van der Waals surface area (Å²) in [4.78, 5) is 22.4. The fraction of sp³-hybridized carbons (Fsp3) is 0.300. The maximum Gasteiger partial charge on any atom is 0.261 e. The van der Waals surface area contributed by atoms with E-state index in [1.165, 1.54) is 0 Å². The van der Waals surface area contributed by atoms with Gasteiger partial charge in [0.25, 0.3) is 5.56 Å². The van der Waals surface area contributed by atoms with Crippen molar-refractivity contribution in [2.45, 2.75) is 12.1 Å². The van der Waals surface area contributed by atoms with Crippen LogP contribution in [0.25, 0.3) is 22.3 Å². The second-order valence-electron chi connectivity index (χ2n) is 7.09. The van der Waals surface area contributed by atoms with Crippen molar-refractivity contribution in [1.82, 2.24) is 14.5 Å². The van der Waals surface area contributed by atoms with Crippen LogP contribution in [0.5, 0.6) is 0 Å². The van der Waals surface area contributed by atoms with Crippen LogP contribution in [0, 0.1) is 0 Å². The third-order valence-corrected chi connectivity index (χ3v) is 5.69. The lowest BCUT2D eigenvalue weighted by Crippen LogP contribution is -2.78. The second kappa shape index (κ2) is 5.17. The molecule has 25 heavy (non-hydrogen) atoms. The Morgan fingerprint density at radius 3 is 2.48 bits per heavy atom. The minimum Gasteiger partial charge on any atom is -0.364 e. The van der Waals surface area contributed by atoms with E-state index >= 15 is 0 Å². The molecule has 0 radical (unpaired) electrons. The Hall–Kier alpha value is -2.66. The summed E-state index contributed by atoms with van der Waals surface area (Å²) in [5.41, 5.74) is 2.85. The van der Waals surface area contributed by atoms with Gasteiger partial charge in [0, 0.05) is 37.4 Å². The summed E-state index contributed by atoms with van der Waals surface area (Å²) < 4.78 is 1.65. The summed E-state index contributed by atoms with van der Waals surface area (Å²) in [5, 5.41) is 0.691. The number of rotatable bonds is 2. The van der Waals surface area contributed by atoms with Crippen LogP contribution in [0.2, 0.25) is 0 Å². The molecule has 0 spiro atoms. The summed E-state index contributed by atoms with van der Waals surface area (Å²) >= 11 is 0. The number of likely N-dealkylation sites (N-methyl/N-ethyl adjacent to an activating group) is 1. The Kier molecular flexibility index (Phi) is 3.03. The van der Waals surface area contributed by atoms with Gasteiger partial charge in [-0.25, -0.2) is 4.98 Å². The first-order valence-corrected chi connectivity index (χ1v) is 8.66. The molecule has 5 nitrogen and oxygen atoms in total. The summed E-state index contributed by atoms with van der Waals surface area (Å²) in [7, 11) is 3.97. The second-order valence-corrected chi connectivity index (χ2v) is 7.09. The number of aromatic nitrogens is 2. The SMILES string of the molecule is CN1CC2C1CN2c1ccc2nc(-c3ccccc3)n(C)c(=O)c2c1. The minimum absolute atomic E-state index is 0.00787. The number of benzene rings is 2. The molecule has 2 saturated heterocycles. The molecule has 3 heterocycles. The average molecular weight is 332 g/mol. The quantitative estimate of drug-likeness (QED) is 0.721. The van der Waals surface area contributed by atoms with Crippen molar-refractivity contribution in [1.29, 1.82) is 0 Å². The van der Waals surface area contributed by atoms with Gasteiger partial charge in [-0.1, -0.05) is 30.3 Å². The maximum atomic E-state index is 12.9. The van der Waals surface area contributed by atoms with Gasteiger partial charge in [-0.05, 0) is 25.2 Å². The highest BCUT2D eigenvalue weighted by Crippen LogP contribution is 2.36. The number of hydrogen-bond acceptors (Lipinski definition) is 4. The first kappa shape index (κ1) is 14.7. The summed E-state index contributed by atoms with van der Waals surface area (Å²) in [6.45, 7) is 2.15. The number of likely N-dealkylation sites (tertiary alicyclic amines) is 1. The number of hydrogen-bond donors (Lipinski definition) is 0. The standard InChI is InChI=1S/C20H20N4O/c1-22-11-18-17(22)12-24(18)14-8-9-16-15(10-14)20(25)23(2)19(21-16)13-6-4-3-5-7-13/h3-10,17-18H,11-12H2,1-2H3. The first-order chi connectivity index (χ1) is 12.1. The van der Waals surface area contributed by atoms with Crippen LogP contribution in [-0.2, 0) is 7.05 Å². The van der Waals surface area contributed by atoms with E-state index in [1.807, 2.05) is 42.5 Å². The topological polar surface area (TPSA) is 41.4 Å². The molecular formula is C20H20N4O. The van der Waals surface area contributed by atoms with Crippen molar-refractivity contribution in [2.75, 3.05) is 25.0 Å². The third kappa shape index (κ3) is 2.05. The predicted octanol–water partition coefficient (Wildman–Crippen LogP) is 2.10. The first-order valence-electron chi connectivity index (χ1n) is 8.66. The Morgan fingerprint density at radius 2 is 1.80 bits per heavy atom. The van der Waals surface area contributed by atoms with Gasteiger partial charge in [-0.2, -0.15) is 0 Å². The lowest BCUT2D eigenvalue weighted by molar-refractivity contribution is 0.0369. The van der Waals surface area contributed by atoms with E-state index in [4.69, 9.17) is 4.98 Å². The maximum absolute atomic E-state index is 12.9. The van der Waals surface area contributed by atoms with Crippen molar-refractivity contribution < 1.29 is 0 Å². The van der Waals surface area contributed by atoms with Gasteiger partial charge in [-0.3, -0.25) is 14.3 Å². The van der Waals surface area contributed by atoms with Gasteiger partial charge in [0.15, 0.2) is 0 Å². The average Bonchev–Trinajstić information content (AvgIpc) is 2.63. The summed E-state index contributed by atoms with van der Waals surface area (Å²) in [5.74, 6) is 0.704. The smallest absolute Gasteiger partial charge is 0.261 e. The van der Waals surface area contributed by atoms with Gasteiger partial charge >= 0.3 is 0 Å². The van der Waals surface area contributed by atoms with Crippen LogP contribution in [0.3, 0.4) is 0 Å². The van der Waals surface area contributed by atoms with Gasteiger partial charge in [0.05, 0.1) is 16.9 Å². The molecule has 5 heteroatoms. The highest BCUT2D eigenvalue weighted by molar-refractivity contribution is 5.84. The van der Waals surface area contributed by atoms with Crippen LogP contribution in [0.15, 0.2) is 53.3 Å². The zero-order valence-electron chi connectivity index (χ0n) is 14.4. The largest absolute Gasteiger partial charge is 0.364 e. The van der Waals surface area contributed by atoms with Crippen molar-refractivity contribution in [3.05, 3.63) is 58.9 Å². The van der Waals surface area contributed by atoms with Crippen LogP contribution < -0.4 is 10.5 Å². The molecule has 2 unspecified atom stereocenters. The summed E-state index contributed by atoms with van der Waals surface area (Å²) in [6.07, 6.45) is 0. The molecule has 0 amide bonds. The van der Waals surface area contributed by atoms with E-state index in [1.54, 1.807) is 11.6 Å². The fourth-order valence-corrected chi connectivity index (χ4v) is 4.05. The van der Waals surface area contributed by atoms with Gasteiger partial charge in [0.1, 0.15) is 5.82 Å². The lowest BCUT2D eigenvalue weighted by Gasteiger charge is -2.62. The molecule has 0 saturated carbocycles. The third-order valence-electron chi connectivity index (χ3n) is 5.69. The fourth-order valence-electron chi connectivity index (χ4n) is 4.05. The Bertz CT molecular complexity index is 1030. The summed E-state index contributed by atoms with van der Waals surface area (Å²) in [6, 6.07) is 17.2. The Balaban J connectivity index is 1.59. The molecule has 5 rings (SSSR count). The number of nitrogens with zero attached hydrogens (tertiary/aromatic N) is 4. The van der Waals surface area contributed by atoms with E-state index in [0.717, 1.165) is 29.9 Å². The van der Waals surface area contributed by atoms with E-state index in [2.05, 4.69) is 22.9 Å². The van der Waals surface area contributed by atoms with Crippen LogP contribution in [0.1, 0.15) is 0 Å². The molecule has 1 aromatic heterocycles. The van der Waals surface area contributed by atoms with Gasteiger partial charge in [-0.15, -0.1) is 0 Å². The number of piperazine rings is 1. The monoisotopic (exact) mass is 332 g/mol. The van der Waals surface area contributed by atoms with Crippen molar-refractivity contribution in [3.63, 3.8) is 0 Å². The molecule has 2 fully saturated rings. The van der Waals surface area contributed by atoms with Crippen LogP contribution >= 0.6 is 0 Å². The lowest BCUT2D eigenvalue weighted by atomic mass is 9.85. The van der Waals surface area contributed by atoms with E-state index in [0.29, 0.717) is 23.3 Å². The molecule has 2 aromatic carbocycles. The normalized spacial score (nSPS) is 22.4. The predicted molar refractivity (Wildman–Crippen MR) is 100.0 cm³/mol. The molecule has 0 aliphatic carbocycles. The molecule has 0 bridgehead atoms. The van der Waals surface area contributed by atoms with E-state index in [-0.39, 0.29) is 5.56 Å². The molecular weight excluding hydrogens is 312 g/mol. The molecule has 3 aromatic rings. The molecule has 2 atom stereocenters. The zero-order valence-corrected chi connectivity index (χ0v) is 14.4. The molecule has 2 aliphatic rings. The minimum atomic E-state index is 0.00787. The number of anilines is 1. The Morgan fingerprint density at radius 1 is 1.00 bits per heavy atom. The van der Waals surface area contributed by atoms with Crippen molar-refractivity contribution >= 4 is 16.6 Å². The zero-order chi connectivity index (χ0) is 17.1. The van der Waals surface area contributed by atoms with Crippen molar-refractivity contribution in [2.24, 2.45) is 7.05 Å². The van der Waals surface area contributed by atoms with E-state index in [9.17, 15) is 4.79 Å². The Labute approximate surface area is 146 Å². The molecule has 2 aliphatic heterocycles. The van der Waals surface area contributed by atoms with E-state index < -0.39 is 0 Å². The van der Waals surface area contributed by atoms with Gasteiger partial charge in [0.2, 0.25) is 0 Å². The molecule has 0 N–H and O–H groups in total. The highest BCUT2D eigenvalue weighted by atomic mass is 16.1. The number of fused-ring (bicyclic) bond motifs is 2.